The van der Waals surface area contributed by atoms with Crippen LogP contribution in [0.2, 0.25) is 18.1 Å². The minimum atomic E-state index is -1.71. The van der Waals surface area contributed by atoms with Crippen molar-refractivity contribution in [2.45, 2.75) is 128 Å². The van der Waals surface area contributed by atoms with Gasteiger partial charge in [0.2, 0.25) is 0 Å². The van der Waals surface area contributed by atoms with Crippen LogP contribution in [0.4, 0.5) is 0 Å². The zero-order valence-corrected chi connectivity index (χ0v) is 19.9. The predicted molar refractivity (Wildman–Crippen MR) is 112 cm³/mol. The molecule has 1 aliphatic rings. The SMILES string of the molecule is CCCC[C@@H]1OC(C)(C)O[C@H]1[C@H](O)[C@H](O)CCCCO[Si](C)(C)C(C)(C)C. The summed E-state index contributed by atoms with van der Waals surface area (Å²) in [5.41, 5.74) is 0. The van der Waals surface area contributed by atoms with Crippen molar-refractivity contribution in [1.82, 2.24) is 0 Å². The first-order valence-corrected chi connectivity index (χ1v) is 13.6. The second-order valence-electron chi connectivity index (χ2n) is 9.94. The van der Waals surface area contributed by atoms with Crippen molar-refractivity contribution >= 4 is 8.32 Å². The van der Waals surface area contributed by atoms with Crippen molar-refractivity contribution in [1.29, 1.82) is 0 Å². The Bertz CT molecular complexity index is 433. The average molecular weight is 405 g/mol. The summed E-state index contributed by atoms with van der Waals surface area (Å²) < 4.78 is 18.0. The Morgan fingerprint density at radius 3 is 2.26 bits per heavy atom. The maximum atomic E-state index is 10.6. The van der Waals surface area contributed by atoms with E-state index in [2.05, 4.69) is 40.8 Å². The van der Waals surface area contributed by atoms with Crippen molar-refractivity contribution < 1.29 is 24.1 Å². The molecule has 1 saturated heterocycles. The summed E-state index contributed by atoms with van der Waals surface area (Å²) in [4.78, 5) is 0. The van der Waals surface area contributed by atoms with Crippen LogP contribution >= 0.6 is 0 Å². The summed E-state index contributed by atoms with van der Waals surface area (Å²) in [6.07, 6.45) is 2.84. The molecule has 4 atom stereocenters. The van der Waals surface area contributed by atoms with Crippen molar-refractivity contribution in [3.63, 3.8) is 0 Å². The van der Waals surface area contributed by atoms with Gasteiger partial charge in [0.05, 0.1) is 12.2 Å². The van der Waals surface area contributed by atoms with Crippen LogP contribution in [0.5, 0.6) is 0 Å². The van der Waals surface area contributed by atoms with Gasteiger partial charge in [0, 0.05) is 6.61 Å². The maximum Gasteiger partial charge on any atom is 0.191 e. The van der Waals surface area contributed by atoms with E-state index < -0.39 is 32.4 Å². The van der Waals surface area contributed by atoms with Crippen molar-refractivity contribution in [2.24, 2.45) is 0 Å². The molecule has 0 radical (unpaired) electrons. The van der Waals surface area contributed by atoms with Gasteiger partial charge in [-0.05, 0) is 57.7 Å². The van der Waals surface area contributed by atoms with Gasteiger partial charge in [0.15, 0.2) is 14.1 Å². The first-order valence-electron chi connectivity index (χ1n) is 10.7. The first kappa shape index (κ1) is 25.1. The fourth-order valence-corrected chi connectivity index (χ4v) is 4.26. The van der Waals surface area contributed by atoms with E-state index in [1.807, 2.05) is 13.8 Å². The number of hydrogen-bond acceptors (Lipinski definition) is 5. The van der Waals surface area contributed by atoms with E-state index >= 15 is 0 Å². The highest BCUT2D eigenvalue weighted by molar-refractivity contribution is 6.74. The lowest BCUT2D eigenvalue weighted by Gasteiger charge is -2.36. The van der Waals surface area contributed by atoms with Crippen LogP contribution in [-0.4, -0.2) is 55.3 Å². The molecule has 0 bridgehead atoms. The lowest BCUT2D eigenvalue weighted by atomic mass is 9.96. The molecule has 5 nitrogen and oxygen atoms in total. The number of rotatable bonds is 11. The van der Waals surface area contributed by atoms with Gasteiger partial charge >= 0.3 is 0 Å². The van der Waals surface area contributed by atoms with Gasteiger partial charge in [-0.1, -0.05) is 40.5 Å². The van der Waals surface area contributed by atoms with E-state index in [4.69, 9.17) is 13.9 Å². The topological polar surface area (TPSA) is 68.2 Å². The van der Waals surface area contributed by atoms with Crippen LogP contribution in [-0.2, 0) is 13.9 Å². The van der Waals surface area contributed by atoms with E-state index in [9.17, 15) is 10.2 Å². The molecule has 0 amide bonds. The molecule has 27 heavy (non-hydrogen) atoms. The predicted octanol–water partition coefficient (Wildman–Crippen LogP) is 4.61. The van der Waals surface area contributed by atoms with E-state index in [0.29, 0.717) is 13.0 Å². The molecule has 2 N–H and O–H groups in total. The molecule has 162 valence electrons. The molecular weight excluding hydrogens is 360 g/mol. The monoisotopic (exact) mass is 404 g/mol. The third kappa shape index (κ3) is 7.75. The fraction of sp³-hybridized carbons (Fsp3) is 1.00. The Morgan fingerprint density at radius 2 is 1.70 bits per heavy atom. The Kier molecular flexibility index (Phi) is 9.44. The number of ether oxygens (including phenoxy) is 2. The highest BCUT2D eigenvalue weighted by atomic mass is 28.4. The second-order valence-corrected chi connectivity index (χ2v) is 14.8. The molecule has 1 heterocycles. The number of aliphatic hydroxyl groups excluding tert-OH is 2. The molecule has 0 aromatic heterocycles. The molecule has 1 rings (SSSR count). The summed E-state index contributed by atoms with van der Waals surface area (Å²) in [5.74, 6) is -0.708. The molecule has 0 aromatic carbocycles. The number of hydrogen-bond donors (Lipinski definition) is 2. The zero-order valence-electron chi connectivity index (χ0n) is 18.9. The Labute approximate surface area is 167 Å². The highest BCUT2D eigenvalue weighted by Gasteiger charge is 2.46. The quantitative estimate of drug-likeness (QED) is 0.389. The van der Waals surface area contributed by atoms with Gasteiger partial charge in [-0.15, -0.1) is 0 Å². The molecular formula is C21H44O5Si. The normalized spacial score (nSPS) is 25.6. The van der Waals surface area contributed by atoms with Crippen LogP contribution < -0.4 is 0 Å². The van der Waals surface area contributed by atoms with E-state index in [0.717, 1.165) is 32.1 Å². The minimum Gasteiger partial charge on any atom is -0.417 e. The van der Waals surface area contributed by atoms with E-state index in [1.54, 1.807) is 0 Å². The van der Waals surface area contributed by atoms with E-state index in [-0.39, 0.29) is 11.1 Å². The lowest BCUT2D eigenvalue weighted by molar-refractivity contribution is -0.163. The van der Waals surface area contributed by atoms with Gasteiger partial charge < -0.3 is 24.1 Å². The molecule has 0 aliphatic carbocycles. The van der Waals surface area contributed by atoms with Crippen LogP contribution in [0.3, 0.4) is 0 Å². The molecule has 1 aliphatic heterocycles. The van der Waals surface area contributed by atoms with E-state index in [1.165, 1.54) is 0 Å². The standard InChI is InChI=1S/C21H44O5Si/c1-9-10-14-17-19(26-21(5,6)25-17)18(23)16(22)13-11-12-15-24-27(7,8)20(2,3)4/h16-19,22-23H,9-15H2,1-8H3/t16-,17+,18-,19-/m1/s1. The molecule has 0 unspecified atom stereocenters. The van der Waals surface area contributed by atoms with Gasteiger partial charge in [-0.25, -0.2) is 0 Å². The lowest BCUT2D eigenvalue weighted by Crippen LogP contribution is -2.43. The third-order valence-corrected chi connectivity index (χ3v) is 10.5. The summed E-state index contributed by atoms with van der Waals surface area (Å²) in [7, 11) is -1.71. The van der Waals surface area contributed by atoms with Crippen molar-refractivity contribution in [2.75, 3.05) is 6.61 Å². The minimum absolute atomic E-state index is 0.161. The molecule has 0 spiro atoms. The first-order chi connectivity index (χ1) is 12.3. The van der Waals surface area contributed by atoms with Crippen LogP contribution in [0, 0.1) is 0 Å². The summed E-state index contributed by atoms with van der Waals surface area (Å²) in [6.45, 7) is 17.8. The summed E-state index contributed by atoms with van der Waals surface area (Å²) in [5, 5.41) is 21.3. The Morgan fingerprint density at radius 1 is 1.07 bits per heavy atom. The van der Waals surface area contributed by atoms with Gasteiger partial charge in [-0.2, -0.15) is 0 Å². The Balaban J connectivity index is 2.42. The molecule has 0 saturated carbocycles. The summed E-state index contributed by atoms with van der Waals surface area (Å²) >= 11 is 0. The van der Waals surface area contributed by atoms with Gasteiger partial charge in [0.1, 0.15) is 12.2 Å². The summed E-state index contributed by atoms with van der Waals surface area (Å²) in [6, 6.07) is 0. The van der Waals surface area contributed by atoms with Crippen LogP contribution in [0.1, 0.15) is 80.1 Å². The van der Waals surface area contributed by atoms with Gasteiger partial charge in [0.25, 0.3) is 0 Å². The third-order valence-electron chi connectivity index (χ3n) is 5.96. The maximum absolute atomic E-state index is 10.6. The fourth-order valence-electron chi connectivity index (χ4n) is 3.17. The molecule has 1 fully saturated rings. The Hall–Kier alpha value is 0.0169. The number of unbranched alkanes of at least 4 members (excludes halogenated alkanes) is 2. The molecule has 6 heteroatoms. The smallest absolute Gasteiger partial charge is 0.191 e. The average Bonchev–Trinajstić information content (AvgIpc) is 2.85. The van der Waals surface area contributed by atoms with Crippen LogP contribution in [0.25, 0.3) is 0 Å². The van der Waals surface area contributed by atoms with Gasteiger partial charge in [-0.3, -0.25) is 0 Å². The largest absolute Gasteiger partial charge is 0.417 e. The van der Waals surface area contributed by atoms with Crippen molar-refractivity contribution in [3.05, 3.63) is 0 Å². The van der Waals surface area contributed by atoms with Crippen molar-refractivity contribution in [3.8, 4) is 0 Å². The van der Waals surface area contributed by atoms with Crippen LogP contribution in [0.15, 0.2) is 0 Å². The highest BCUT2D eigenvalue weighted by Crippen LogP contribution is 2.37. The second kappa shape index (κ2) is 10.2. The molecule has 0 aromatic rings. The number of aliphatic hydroxyl groups is 2. The zero-order chi connectivity index (χ0) is 20.9.